The summed E-state index contributed by atoms with van der Waals surface area (Å²) < 4.78 is 1.04. The Bertz CT molecular complexity index is 698. The monoisotopic (exact) mass is 340 g/mol. The van der Waals surface area contributed by atoms with Crippen molar-refractivity contribution < 1.29 is 0 Å². The van der Waals surface area contributed by atoms with E-state index >= 15 is 0 Å². The fourth-order valence-corrected chi connectivity index (χ4v) is 2.84. The quantitative estimate of drug-likeness (QED) is 0.567. The van der Waals surface area contributed by atoms with Gasteiger partial charge in [0.2, 0.25) is 5.28 Å². The number of nitrogens with zero attached hydrogens (tertiary/aromatic N) is 3. The van der Waals surface area contributed by atoms with E-state index in [4.69, 9.17) is 11.6 Å². The number of H-pyrrole nitrogens is 1. The zero-order chi connectivity index (χ0) is 12.5. The molecule has 0 saturated carbocycles. The third kappa shape index (κ3) is 2.36. The van der Waals surface area contributed by atoms with Gasteiger partial charge in [0, 0.05) is 9.37 Å². The van der Waals surface area contributed by atoms with Crippen molar-refractivity contribution in [3.8, 4) is 0 Å². The maximum atomic E-state index is 5.88. The molecule has 0 unspecified atom stereocenters. The summed E-state index contributed by atoms with van der Waals surface area (Å²) in [4.78, 5) is 9.38. The molecule has 2 aromatic heterocycles. The molecule has 0 fully saturated rings. The highest BCUT2D eigenvalue weighted by Crippen LogP contribution is 2.32. The summed E-state index contributed by atoms with van der Waals surface area (Å²) in [6, 6.07) is 7.99. The first-order chi connectivity index (χ1) is 8.72. The number of hydrogen-bond acceptors (Lipinski definition) is 4. The number of benzene rings is 1. The molecule has 1 N–H and O–H groups in total. The predicted octanol–water partition coefficient (Wildman–Crippen LogP) is 3.92. The van der Waals surface area contributed by atoms with E-state index in [1.54, 1.807) is 6.20 Å². The highest BCUT2D eigenvalue weighted by molar-refractivity contribution is 9.10. The van der Waals surface area contributed by atoms with E-state index in [1.807, 2.05) is 24.3 Å². The van der Waals surface area contributed by atoms with Gasteiger partial charge in [-0.25, -0.2) is 4.98 Å². The lowest BCUT2D eigenvalue weighted by Crippen LogP contribution is -1.87. The summed E-state index contributed by atoms with van der Waals surface area (Å²) in [6.45, 7) is 0. The highest BCUT2D eigenvalue weighted by atomic mass is 79.9. The molecule has 1 aromatic carbocycles. The third-order valence-corrected chi connectivity index (χ3v) is 3.99. The minimum atomic E-state index is 0.214. The Hall–Kier alpha value is -1.11. The number of rotatable bonds is 2. The molecule has 0 radical (unpaired) electrons. The Morgan fingerprint density at radius 3 is 2.72 bits per heavy atom. The van der Waals surface area contributed by atoms with Crippen LogP contribution in [0.15, 0.2) is 44.9 Å². The normalized spacial score (nSPS) is 11.0. The van der Waals surface area contributed by atoms with Crippen LogP contribution in [0.25, 0.3) is 11.0 Å². The second-order valence-corrected chi connectivity index (χ2v) is 5.80. The van der Waals surface area contributed by atoms with E-state index in [0.29, 0.717) is 5.65 Å². The first kappa shape index (κ1) is 12.0. The lowest BCUT2D eigenvalue weighted by Gasteiger charge is -2.02. The molecule has 0 bridgehead atoms. The Morgan fingerprint density at radius 2 is 1.94 bits per heavy atom. The van der Waals surface area contributed by atoms with E-state index in [9.17, 15) is 0 Å². The lowest BCUT2D eigenvalue weighted by atomic mass is 10.4. The standard InChI is InChI=1S/C11H6BrClN4S/c12-6-1-3-7(4-2-6)18-10-8-5-14-17-9(8)15-11(13)16-10/h1-5H,(H,14,15,16,17). The molecule has 0 aliphatic heterocycles. The molecule has 0 aliphatic carbocycles. The van der Waals surface area contributed by atoms with Gasteiger partial charge in [-0.2, -0.15) is 10.1 Å². The van der Waals surface area contributed by atoms with Gasteiger partial charge in [0.15, 0.2) is 5.65 Å². The average molecular weight is 342 g/mol. The Kier molecular flexibility index (Phi) is 3.23. The molecule has 3 aromatic rings. The van der Waals surface area contributed by atoms with Gasteiger partial charge in [-0.1, -0.05) is 27.7 Å². The SMILES string of the molecule is Clc1nc(Sc2ccc(Br)cc2)c2cn[nH]c2n1. The van der Waals surface area contributed by atoms with Crippen LogP contribution in [0, 0.1) is 0 Å². The van der Waals surface area contributed by atoms with E-state index < -0.39 is 0 Å². The summed E-state index contributed by atoms with van der Waals surface area (Å²) in [7, 11) is 0. The molecule has 18 heavy (non-hydrogen) atoms. The minimum absolute atomic E-state index is 0.214. The van der Waals surface area contributed by atoms with Gasteiger partial charge < -0.3 is 0 Å². The number of aromatic amines is 1. The van der Waals surface area contributed by atoms with Crippen molar-refractivity contribution in [3.63, 3.8) is 0 Å². The summed E-state index contributed by atoms with van der Waals surface area (Å²) in [5.74, 6) is 0. The van der Waals surface area contributed by atoms with Crippen LogP contribution in [0.2, 0.25) is 5.28 Å². The minimum Gasteiger partial charge on any atom is -0.261 e. The Labute approximate surface area is 120 Å². The molecule has 2 heterocycles. The smallest absolute Gasteiger partial charge is 0.225 e. The second kappa shape index (κ2) is 4.87. The summed E-state index contributed by atoms with van der Waals surface area (Å²) >= 11 is 10.8. The summed E-state index contributed by atoms with van der Waals surface area (Å²) in [6.07, 6.45) is 1.70. The van der Waals surface area contributed by atoms with Gasteiger partial charge in [0.1, 0.15) is 5.03 Å². The fourth-order valence-electron chi connectivity index (χ4n) is 1.47. The third-order valence-electron chi connectivity index (χ3n) is 2.28. The summed E-state index contributed by atoms with van der Waals surface area (Å²) in [5.41, 5.74) is 0.648. The van der Waals surface area contributed by atoms with E-state index in [1.165, 1.54) is 11.8 Å². The molecule has 0 saturated heterocycles. The topological polar surface area (TPSA) is 54.5 Å². The van der Waals surface area contributed by atoms with Crippen molar-refractivity contribution >= 4 is 50.3 Å². The van der Waals surface area contributed by atoms with Gasteiger partial charge in [-0.05, 0) is 35.9 Å². The molecule has 0 atom stereocenters. The van der Waals surface area contributed by atoms with Crippen molar-refractivity contribution in [1.29, 1.82) is 0 Å². The first-order valence-corrected chi connectivity index (χ1v) is 7.01. The Balaban J connectivity index is 2.03. The average Bonchev–Trinajstić information content (AvgIpc) is 2.80. The van der Waals surface area contributed by atoms with Crippen molar-refractivity contribution in [2.24, 2.45) is 0 Å². The highest BCUT2D eigenvalue weighted by Gasteiger charge is 2.09. The zero-order valence-corrected chi connectivity index (χ0v) is 12.1. The van der Waals surface area contributed by atoms with Crippen LogP contribution < -0.4 is 0 Å². The summed E-state index contributed by atoms with van der Waals surface area (Å²) in [5, 5.41) is 8.62. The van der Waals surface area contributed by atoms with Crippen molar-refractivity contribution in [1.82, 2.24) is 20.2 Å². The number of fused-ring (bicyclic) bond motifs is 1. The number of halogens is 2. The molecular weight excluding hydrogens is 336 g/mol. The first-order valence-electron chi connectivity index (χ1n) is 5.02. The number of hydrogen-bond donors (Lipinski definition) is 1. The molecule has 4 nitrogen and oxygen atoms in total. The van der Waals surface area contributed by atoms with Gasteiger partial charge in [0.05, 0.1) is 11.6 Å². The fraction of sp³-hybridized carbons (Fsp3) is 0. The molecule has 3 rings (SSSR count). The van der Waals surface area contributed by atoms with Gasteiger partial charge in [-0.15, -0.1) is 0 Å². The van der Waals surface area contributed by atoms with Crippen LogP contribution in [-0.4, -0.2) is 20.2 Å². The maximum absolute atomic E-state index is 5.88. The predicted molar refractivity (Wildman–Crippen MR) is 75.0 cm³/mol. The lowest BCUT2D eigenvalue weighted by molar-refractivity contribution is 1.07. The maximum Gasteiger partial charge on any atom is 0.225 e. The molecule has 7 heteroatoms. The van der Waals surface area contributed by atoms with Crippen molar-refractivity contribution in [2.45, 2.75) is 9.92 Å². The van der Waals surface area contributed by atoms with Crippen LogP contribution in [0.3, 0.4) is 0 Å². The Morgan fingerprint density at radius 1 is 1.17 bits per heavy atom. The van der Waals surface area contributed by atoms with Crippen LogP contribution in [0.5, 0.6) is 0 Å². The van der Waals surface area contributed by atoms with Crippen LogP contribution in [0.1, 0.15) is 0 Å². The number of aromatic nitrogens is 4. The van der Waals surface area contributed by atoms with Crippen LogP contribution >= 0.6 is 39.3 Å². The molecule has 90 valence electrons. The van der Waals surface area contributed by atoms with E-state index in [2.05, 4.69) is 36.1 Å². The van der Waals surface area contributed by atoms with Crippen LogP contribution in [-0.2, 0) is 0 Å². The van der Waals surface area contributed by atoms with Crippen LogP contribution in [0.4, 0.5) is 0 Å². The zero-order valence-electron chi connectivity index (χ0n) is 8.89. The van der Waals surface area contributed by atoms with E-state index in [0.717, 1.165) is 19.8 Å². The van der Waals surface area contributed by atoms with Crippen molar-refractivity contribution in [3.05, 3.63) is 40.2 Å². The molecular formula is C11H6BrClN4S. The van der Waals surface area contributed by atoms with Gasteiger partial charge >= 0.3 is 0 Å². The second-order valence-electron chi connectivity index (χ2n) is 3.49. The largest absolute Gasteiger partial charge is 0.261 e. The molecule has 0 amide bonds. The number of nitrogens with one attached hydrogen (secondary N) is 1. The molecule has 0 spiro atoms. The molecule has 0 aliphatic rings. The van der Waals surface area contributed by atoms with Gasteiger partial charge in [0.25, 0.3) is 0 Å². The van der Waals surface area contributed by atoms with Gasteiger partial charge in [-0.3, -0.25) is 5.10 Å². The van der Waals surface area contributed by atoms with Crippen molar-refractivity contribution in [2.75, 3.05) is 0 Å². The van der Waals surface area contributed by atoms with E-state index in [-0.39, 0.29) is 5.28 Å².